The number of amides is 1. The van der Waals surface area contributed by atoms with E-state index in [0.717, 1.165) is 0 Å². The number of carbonyl (C=O) groups is 2. The number of nitrogens with zero attached hydrogens (tertiary/aromatic N) is 3. The summed E-state index contributed by atoms with van der Waals surface area (Å²) >= 11 is 1.19. The third-order valence-corrected chi connectivity index (χ3v) is 7.87. The predicted octanol–water partition coefficient (Wildman–Crippen LogP) is 2.41. The van der Waals surface area contributed by atoms with Gasteiger partial charge in [-0.1, -0.05) is 17.4 Å². The van der Waals surface area contributed by atoms with Gasteiger partial charge in [0, 0.05) is 38.7 Å². The lowest BCUT2D eigenvalue weighted by Crippen LogP contribution is -2.46. The van der Waals surface area contributed by atoms with Crippen LogP contribution >= 0.6 is 11.3 Å². The van der Waals surface area contributed by atoms with Crippen molar-refractivity contribution in [3.63, 3.8) is 0 Å². The smallest absolute Gasteiger partial charge is 0.308 e. The molecular weight excluding hydrogens is 452 g/mol. The van der Waals surface area contributed by atoms with Gasteiger partial charge in [-0.05, 0) is 43.4 Å². The quantitative estimate of drug-likeness (QED) is 0.447. The summed E-state index contributed by atoms with van der Waals surface area (Å²) in [4.78, 5) is 30.4. The van der Waals surface area contributed by atoms with E-state index in [0.29, 0.717) is 47.1 Å². The second kappa shape index (κ2) is 8.94. The van der Waals surface area contributed by atoms with E-state index in [-0.39, 0.29) is 10.6 Å². The van der Waals surface area contributed by atoms with Gasteiger partial charge in [0.25, 0.3) is 5.91 Å². The number of aromatic nitrogens is 1. The molecule has 0 atom stereocenters. The van der Waals surface area contributed by atoms with Crippen LogP contribution in [0.15, 0.2) is 47.4 Å². The zero-order chi connectivity index (χ0) is 22.9. The summed E-state index contributed by atoms with van der Waals surface area (Å²) in [6.45, 7) is 3.57. The third kappa shape index (κ3) is 4.80. The van der Waals surface area contributed by atoms with Crippen LogP contribution in [-0.4, -0.2) is 67.7 Å². The Bertz CT molecular complexity index is 1280. The number of rotatable bonds is 5. The molecule has 0 unspecified atom stereocenters. The van der Waals surface area contributed by atoms with Crippen molar-refractivity contribution < 1.29 is 22.7 Å². The van der Waals surface area contributed by atoms with Gasteiger partial charge in [-0.15, -0.1) is 0 Å². The maximum atomic E-state index is 13.0. The molecule has 0 bridgehead atoms. The molecule has 1 amide bonds. The van der Waals surface area contributed by atoms with Crippen molar-refractivity contribution >= 4 is 48.6 Å². The molecule has 1 saturated heterocycles. The summed E-state index contributed by atoms with van der Waals surface area (Å²) in [5.41, 5.74) is 0.901. The average molecular weight is 475 g/mol. The number of piperazine rings is 1. The lowest BCUT2D eigenvalue weighted by Gasteiger charge is -2.31. The molecule has 1 aliphatic heterocycles. The first kappa shape index (κ1) is 22.3. The molecule has 0 saturated carbocycles. The Kier molecular flexibility index (Phi) is 6.24. The fraction of sp³-hybridized carbons (Fsp3) is 0.286. The molecule has 0 aliphatic carbocycles. The highest BCUT2D eigenvalue weighted by atomic mass is 32.2. The van der Waals surface area contributed by atoms with Crippen LogP contribution in [0.2, 0.25) is 0 Å². The molecule has 1 aromatic heterocycles. The number of likely N-dealkylation sites (N-methyl/N-ethyl adjacent to an activating group) is 1. The molecule has 2 aromatic carbocycles. The minimum absolute atomic E-state index is 0.213. The van der Waals surface area contributed by atoms with E-state index in [4.69, 9.17) is 4.74 Å². The Morgan fingerprint density at radius 2 is 1.84 bits per heavy atom. The zero-order valence-corrected chi connectivity index (χ0v) is 19.2. The number of ether oxygens (including phenoxy) is 1. The van der Waals surface area contributed by atoms with E-state index in [1.54, 1.807) is 36.4 Å². The third-order valence-electron chi connectivity index (χ3n) is 5.04. The van der Waals surface area contributed by atoms with Crippen molar-refractivity contribution in [2.24, 2.45) is 0 Å². The predicted molar refractivity (Wildman–Crippen MR) is 122 cm³/mol. The van der Waals surface area contributed by atoms with Crippen LogP contribution in [0.25, 0.3) is 10.2 Å². The Hall–Kier alpha value is -2.86. The molecule has 1 fully saturated rings. The van der Waals surface area contributed by atoms with Crippen LogP contribution in [0.1, 0.15) is 17.3 Å². The highest BCUT2D eigenvalue weighted by Crippen LogP contribution is 2.30. The highest BCUT2D eigenvalue weighted by Gasteiger charge is 2.28. The number of sulfonamides is 1. The number of hydrogen-bond acceptors (Lipinski definition) is 8. The van der Waals surface area contributed by atoms with Crippen molar-refractivity contribution in [2.45, 2.75) is 11.8 Å². The molecule has 1 aliphatic rings. The van der Waals surface area contributed by atoms with E-state index >= 15 is 0 Å². The summed E-state index contributed by atoms with van der Waals surface area (Å²) < 4.78 is 33.2. The molecule has 3 aromatic rings. The number of carbonyl (C=O) groups excluding carboxylic acids is 2. The van der Waals surface area contributed by atoms with Gasteiger partial charge in [-0.3, -0.25) is 14.9 Å². The highest BCUT2D eigenvalue weighted by molar-refractivity contribution is 7.89. The first-order valence-electron chi connectivity index (χ1n) is 9.91. The first-order valence-corrected chi connectivity index (χ1v) is 12.2. The summed E-state index contributed by atoms with van der Waals surface area (Å²) in [7, 11) is -1.62. The van der Waals surface area contributed by atoms with Crippen molar-refractivity contribution in [2.75, 3.05) is 38.5 Å². The number of fused-ring (bicyclic) bond motifs is 1. The molecule has 9 nitrogen and oxygen atoms in total. The van der Waals surface area contributed by atoms with Gasteiger partial charge < -0.3 is 9.64 Å². The minimum Gasteiger partial charge on any atom is -0.427 e. The van der Waals surface area contributed by atoms with Crippen molar-refractivity contribution in [1.29, 1.82) is 0 Å². The van der Waals surface area contributed by atoms with Crippen molar-refractivity contribution in [3.8, 4) is 5.75 Å². The fourth-order valence-corrected chi connectivity index (χ4v) is 5.76. The van der Waals surface area contributed by atoms with Gasteiger partial charge in [-0.25, -0.2) is 13.4 Å². The fourth-order valence-electron chi connectivity index (χ4n) is 3.33. The van der Waals surface area contributed by atoms with Crippen LogP contribution < -0.4 is 10.1 Å². The van der Waals surface area contributed by atoms with E-state index in [2.05, 4.69) is 15.2 Å². The number of esters is 1. The first-order chi connectivity index (χ1) is 15.2. The molecular formula is C21H22N4O5S2. The Morgan fingerprint density at radius 3 is 2.56 bits per heavy atom. The van der Waals surface area contributed by atoms with E-state index in [9.17, 15) is 18.0 Å². The van der Waals surface area contributed by atoms with Crippen LogP contribution in [0.4, 0.5) is 5.13 Å². The lowest BCUT2D eigenvalue weighted by atomic mass is 10.2. The van der Waals surface area contributed by atoms with Gasteiger partial charge in [0.2, 0.25) is 10.0 Å². The molecule has 4 rings (SSSR count). The zero-order valence-electron chi connectivity index (χ0n) is 17.6. The average Bonchev–Trinajstić information content (AvgIpc) is 3.15. The van der Waals surface area contributed by atoms with Gasteiger partial charge in [0.1, 0.15) is 5.75 Å². The summed E-state index contributed by atoms with van der Waals surface area (Å²) in [6.07, 6.45) is 0. The second-order valence-electron chi connectivity index (χ2n) is 7.43. The second-order valence-corrected chi connectivity index (χ2v) is 10.4. The lowest BCUT2D eigenvalue weighted by molar-refractivity contribution is -0.131. The van der Waals surface area contributed by atoms with Crippen molar-refractivity contribution in [1.82, 2.24) is 14.2 Å². The molecule has 1 N–H and O–H groups in total. The van der Waals surface area contributed by atoms with Crippen LogP contribution in [0.3, 0.4) is 0 Å². The number of benzene rings is 2. The van der Waals surface area contributed by atoms with Gasteiger partial charge >= 0.3 is 5.97 Å². The molecule has 32 heavy (non-hydrogen) atoms. The maximum Gasteiger partial charge on any atom is 0.308 e. The number of nitrogens with one attached hydrogen (secondary N) is 1. The molecule has 168 valence electrons. The van der Waals surface area contributed by atoms with Gasteiger partial charge in [-0.2, -0.15) is 4.31 Å². The van der Waals surface area contributed by atoms with Crippen LogP contribution in [0.5, 0.6) is 5.75 Å². The monoisotopic (exact) mass is 474 g/mol. The summed E-state index contributed by atoms with van der Waals surface area (Å²) in [5, 5.41) is 3.06. The number of anilines is 1. The van der Waals surface area contributed by atoms with E-state index in [1.165, 1.54) is 28.6 Å². The molecule has 0 spiro atoms. The maximum absolute atomic E-state index is 13.0. The van der Waals surface area contributed by atoms with Crippen molar-refractivity contribution in [3.05, 3.63) is 48.0 Å². The normalized spacial score (nSPS) is 15.6. The van der Waals surface area contributed by atoms with Gasteiger partial charge in [0.05, 0.1) is 15.1 Å². The Labute approximate surface area is 189 Å². The summed E-state index contributed by atoms with van der Waals surface area (Å²) in [5.74, 6) is -0.618. The largest absolute Gasteiger partial charge is 0.427 e. The Morgan fingerprint density at radius 1 is 1.09 bits per heavy atom. The number of hydrogen-bond donors (Lipinski definition) is 1. The Balaban J connectivity index is 1.53. The SMILES string of the molecule is CC(=O)Oc1cccc(C(=O)Nc2nc3ccc(S(=O)(=O)N4CCN(C)CC4)cc3s2)c1. The van der Waals surface area contributed by atoms with Gasteiger partial charge in [0.15, 0.2) is 5.13 Å². The standard InChI is InChI=1S/C21H22N4O5S2/c1-14(26)30-16-5-3-4-15(12-16)20(27)23-21-22-18-7-6-17(13-19(18)31-21)32(28,29)25-10-8-24(2)9-11-25/h3-7,12-13H,8-11H2,1-2H3,(H,22,23,27). The van der Waals surface area contributed by atoms with E-state index < -0.39 is 21.9 Å². The van der Waals surface area contributed by atoms with Crippen LogP contribution in [-0.2, 0) is 14.8 Å². The van der Waals surface area contributed by atoms with Crippen LogP contribution in [0, 0.1) is 0 Å². The molecule has 2 heterocycles. The minimum atomic E-state index is -3.59. The number of thiazole rings is 1. The topological polar surface area (TPSA) is 109 Å². The molecule has 0 radical (unpaired) electrons. The summed E-state index contributed by atoms with van der Waals surface area (Å²) in [6, 6.07) is 11.0. The van der Waals surface area contributed by atoms with E-state index in [1.807, 2.05) is 7.05 Å². The molecule has 11 heteroatoms.